The highest BCUT2D eigenvalue weighted by Gasteiger charge is 2.22. The van der Waals surface area contributed by atoms with Gasteiger partial charge in [0.1, 0.15) is 5.75 Å². The Kier molecular flexibility index (Phi) is 8.16. The van der Waals surface area contributed by atoms with E-state index in [-0.39, 0.29) is 18.3 Å². The maximum atomic E-state index is 11.9. The summed E-state index contributed by atoms with van der Waals surface area (Å²) in [6.45, 7) is 4.74. The van der Waals surface area contributed by atoms with Crippen LogP contribution in [0.5, 0.6) is 5.75 Å². The average Bonchev–Trinajstić information content (AvgIpc) is 2.47. The van der Waals surface area contributed by atoms with Gasteiger partial charge in [0, 0.05) is 12.5 Å². The lowest BCUT2D eigenvalue weighted by atomic mass is 9.95. The third-order valence-electron chi connectivity index (χ3n) is 3.69. The number of rotatable bonds is 6. The van der Waals surface area contributed by atoms with Gasteiger partial charge in [-0.05, 0) is 44.0 Å². The Morgan fingerprint density at radius 2 is 2.14 bits per heavy atom. The predicted octanol–water partition coefficient (Wildman–Crippen LogP) is 2.38. The van der Waals surface area contributed by atoms with Crippen LogP contribution < -0.4 is 15.4 Å². The van der Waals surface area contributed by atoms with Crippen LogP contribution in [0, 0.1) is 5.92 Å². The van der Waals surface area contributed by atoms with Crippen molar-refractivity contribution < 1.29 is 9.53 Å². The first-order valence-electron chi connectivity index (χ1n) is 7.43. The molecule has 0 radical (unpaired) electrons. The van der Waals surface area contributed by atoms with Gasteiger partial charge in [0.2, 0.25) is 5.91 Å². The smallest absolute Gasteiger partial charge is 0.220 e. The van der Waals surface area contributed by atoms with E-state index in [2.05, 4.69) is 17.6 Å². The second-order valence-electron chi connectivity index (χ2n) is 5.41. The van der Waals surface area contributed by atoms with Crippen molar-refractivity contribution in [3.63, 3.8) is 0 Å². The Morgan fingerprint density at radius 3 is 2.86 bits per heavy atom. The van der Waals surface area contributed by atoms with Crippen LogP contribution in [0.2, 0.25) is 0 Å². The molecular formula is C16H25ClN2O2. The summed E-state index contributed by atoms with van der Waals surface area (Å²) in [4.78, 5) is 11.9. The van der Waals surface area contributed by atoms with E-state index >= 15 is 0 Å². The maximum absolute atomic E-state index is 11.9. The van der Waals surface area contributed by atoms with Crippen molar-refractivity contribution in [1.29, 1.82) is 0 Å². The highest BCUT2D eigenvalue weighted by molar-refractivity contribution is 5.85. The fourth-order valence-corrected chi connectivity index (χ4v) is 2.45. The molecule has 1 fully saturated rings. The summed E-state index contributed by atoms with van der Waals surface area (Å²) >= 11 is 0. The van der Waals surface area contributed by atoms with E-state index in [1.807, 2.05) is 30.3 Å². The zero-order valence-corrected chi connectivity index (χ0v) is 13.3. The number of hydrogen-bond donors (Lipinski definition) is 2. The number of ether oxygens (including phenoxy) is 1. The molecule has 1 aliphatic heterocycles. The number of amides is 1. The molecule has 21 heavy (non-hydrogen) atoms. The van der Waals surface area contributed by atoms with Crippen molar-refractivity contribution in [3.05, 3.63) is 30.3 Å². The van der Waals surface area contributed by atoms with E-state index in [4.69, 9.17) is 4.74 Å². The van der Waals surface area contributed by atoms with Gasteiger partial charge in [-0.1, -0.05) is 25.1 Å². The second-order valence-corrected chi connectivity index (χ2v) is 5.41. The molecule has 2 atom stereocenters. The molecule has 1 aliphatic rings. The zero-order valence-electron chi connectivity index (χ0n) is 12.5. The normalized spacial score (nSPS) is 21.2. The molecule has 1 aromatic carbocycles. The molecule has 1 aromatic rings. The number of piperidine rings is 1. The average molecular weight is 313 g/mol. The van der Waals surface area contributed by atoms with Crippen molar-refractivity contribution >= 4 is 18.3 Å². The molecule has 2 N–H and O–H groups in total. The molecule has 118 valence electrons. The number of para-hydroxylation sites is 1. The van der Waals surface area contributed by atoms with Gasteiger partial charge in [-0.2, -0.15) is 0 Å². The molecule has 1 amide bonds. The first-order valence-corrected chi connectivity index (χ1v) is 7.43. The molecular weight excluding hydrogens is 288 g/mol. The van der Waals surface area contributed by atoms with Crippen LogP contribution in [0.25, 0.3) is 0 Å². The van der Waals surface area contributed by atoms with Gasteiger partial charge < -0.3 is 15.4 Å². The number of carbonyl (C=O) groups excluding carboxylic acids is 1. The van der Waals surface area contributed by atoms with E-state index < -0.39 is 0 Å². The summed E-state index contributed by atoms with van der Waals surface area (Å²) in [5.74, 6) is 1.51. The van der Waals surface area contributed by atoms with Crippen LogP contribution >= 0.6 is 12.4 Å². The summed E-state index contributed by atoms with van der Waals surface area (Å²) in [6, 6.07) is 10.0. The van der Waals surface area contributed by atoms with E-state index in [1.165, 1.54) is 0 Å². The van der Waals surface area contributed by atoms with Crippen LogP contribution in [0.15, 0.2) is 30.3 Å². The molecule has 0 aliphatic carbocycles. The van der Waals surface area contributed by atoms with E-state index in [1.54, 1.807) is 0 Å². The van der Waals surface area contributed by atoms with Gasteiger partial charge in [-0.25, -0.2) is 0 Å². The topological polar surface area (TPSA) is 50.4 Å². The first-order chi connectivity index (χ1) is 9.75. The van der Waals surface area contributed by atoms with Crippen molar-refractivity contribution in [2.45, 2.75) is 32.2 Å². The van der Waals surface area contributed by atoms with E-state index in [0.29, 0.717) is 25.0 Å². The number of hydrogen-bond acceptors (Lipinski definition) is 3. The van der Waals surface area contributed by atoms with Gasteiger partial charge in [0.15, 0.2) is 0 Å². The van der Waals surface area contributed by atoms with E-state index in [9.17, 15) is 4.79 Å². The lowest BCUT2D eigenvalue weighted by Gasteiger charge is -2.30. The van der Waals surface area contributed by atoms with E-state index in [0.717, 1.165) is 31.7 Å². The number of halogens is 1. The standard InChI is InChI=1S/C16H24N2O2.ClH/c1-13-12-17-10-9-15(13)18-16(19)8-5-11-20-14-6-3-2-4-7-14;/h2-4,6-7,13,15,17H,5,8-12H2,1H3,(H,18,19);1H. The fourth-order valence-electron chi connectivity index (χ4n) is 2.45. The Hall–Kier alpha value is -1.26. The Balaban J connectivity index is 0.00000220. The first kappa shape index (κ1) is 17.8. The number of benzene rings is 1. The molecule has 5 heteroatoms. The van der Waals surface area contributed by atoms with Crippen LogP contribution in [-0.4, -0.2) is 31.6 Å². The molecule has 0 spiro atoms. The Labute approximate surface area is 133 Å². The van der Waals surface area contributed by atoms with Gasteiger partial charge in [0.25, 0.3) is 0 Å². The van der Waals surface area contributed by atoms with Crippen molar-refractivity contribution in [2.75, 3.05) is 19.7 Å². The largest absolute Gasteiger partial charge is 0.494 e. The molecule has 4 nitrogen and oxygen atoms in total. The summed E-state index contributed by atoms with van der Waals surface area (Å²) in [5.41, 5.74) is 0. The SMILES string of the molecule is CC1CNCCC1NC(=O)CCCOc1ccccc1.Cl. The summed E-state index contributed by atoms with van der Waals surface area (Å²) in [6.07, 6.45) is 2.30. The second kappa shape index (κ2) is 9.64. The van der Waals surface area contributed by atoms with Gasteiger partial charge in [-0.15, -0.1) is 12.4 Å². The molecule has 0 aromatic heterocycles. The van der Waals surface area contributed by atoms with Crippen molar-refractivity contribution in [1.82, 2.24) is 10.6 Å². The maximum Gasteiger partial charge on any atom is 0.220 e. The van der Waals surface area contributed by atoms with Crippen LogP contribution in [0.1, 0.15) is 26.2 Å². The molecule has 0 bridgehead atoms. The van der Waals surface area contributed by atoms with Crippen LogP contribution in [-0.2, 0) is 4.79 Å². The highest BCUT2D eigenvalue weighted by atomic mass is 35.5. The monoisotopic (exact) mass is 312 g/mol. The molecule has 1 saturated heterocycles. The molecule has 2 rings (SSSR count). The lowest BCUT2D eigenvalue weighted by molar-refractivity contribution is -0.122. The zero-order chi connectivity index (χ0) is 14.2. The van der Waals surface area contributed by atoms with Crippen LogP contribution in [0.3, 0.4) is 0 Å². The molecule has 2 unspecified atom stereocenters. The minimum absolute atomic E-state index is 0. The summed E-state index contributed by atoms with van der Waals surface area (Å²) in [7, 11) is 0. The third kappa shape index (κ3) is 6.36. The summed E-state index contributed by atoms with van der Waals surface area (Å²) < 4.78 is 5.58. The Bertz CT molecular complexity index is 414. The van der Waals surface area contributed by atoms with Crippen molar-refractivity contribution in [3.8, 4) is 5.75 Å². The van der Waals surface area contributed by atoms with Gasteiger partial charge in [-0.3, -0.25) is 4.79 Å². The van der Waals surface area contributed by atoms with Gasteiger partial charge >= 0.3 is 0 Å². The number of nitrogens with one attached hydrogen (secondary N) is 2. The minimum atomic E-state index is 0. The lowest BCUT2D eigenvalue weighted by Crippen LogP contribution is -2.48. The molecule has 1 heterocycles. The predicted molar refractivity (Wildman–Crippen MR) is 87.0 cm³/mol. The van der Waals surface area contributed by atoms with Gasteiger partial charge in [0.05, 0.1) is 6.61 Å². The third-order valence-corrected chi connectivity index (χ3v) is 3.69. The molecule has 0 saturated carbocycles. The fraction of sp³-hybridized carbons (Fsp3) is 0.562. The highest BCUT2D eigenvalue weighted by Crippen LogP contribution is 2.11. The Morgan fingerprint density at radius 1 is 1.38 bits per heavy atom. The minimum Gasteiger partial charge on any atom is -0.494 e. The van der Waals surface area contributed by atoms with Crippen LogP contribution in [0.4, 0.5) is 0 Å². The van der Waals surface area contributed by atoms with Crippen molar-refractivity contribution in [2.24, 2.45) is 5.92 Å². The number of carbonyl (C=O) groups is 1. The quantitative estimate of drug-likeness (QED) is 0.793. The summed E-state index contributed by atoms with van der Waals surface area (Å²) in [5, 5.41) is 6.47.